The van der Waals surface area contributed by atoms with Crippen LogP contribution in [-0.4, -0.2) is 22.8 Å². The van der Waals surface area contributed by atoms with Gasteiger partial charge in [0.15, 0.2) is 0 Å². The summed E-state index contributed by atoms with van der Waals surface area (Å²) in [7, 11) is 0. The fraction of sp³-hybridized carbons (Fsp3) is 0.133. The van der Waals surface area contributed by atoms with Crippen LogP contribution in [0.1, 0.15) is 22.0 Å². The molecule has 2 N–H and O–H groups in total. The minimum atomic E-state index is -1.07. The molecule has 0 heterocycles. The van der Waals surface area contributed by atoms with E-state index in [-0.39, 0.29) is 5.75 Å². The van der Waals surface area contributed by atoms with Crippen LogP contribution >= 0.6 is 0 Å². The number of rotatable bonds is 4. The molecule has 0 aromatic heterocycles. The highest BCUT2D eigenvalue weighted by Crippen LogP contribution is 2.25. The summed E-state index contributed by atoms with van der Waals surface area (Å²) in [6.07, 6.45) is -1.07. The first kappa shape index (κ1) is 13.3. The minimum Gasteiger partial charge on any atom is -0.423 e. The lowest BCUT2D eigenvalue weighted by molar-refractivity contribution is 0.0705. The van der Waals surface area contributed by atoms with Crippen LogP contribution in [0.25, 0.3) is 0 Å². The minimum absolute atomic E-state index is 0.248. The number of hydrogen-bond donors (Lipinski definition) is 2. The van der Waals surface area contributed by atoms with Crippen molar-refractivity contribution in [1.82, 2.24) is 0 Å². The molecule has 1 atom stereocenters. The average Bonchev–Trinajstić information content (AvgIpc) is 2.48. The zero-order chi connectivity index (χ0) is 13.7. The number of carbonyl (C=O) groups excluding carboxylic acids is 1. The Kier molecular flexibility index (Phi) is 4.28. The predicted molar refractivity (Wildman–Crippen MR) is 69.9 cm³/mol. The lowest BCUT2D eigenvalue weighted by atomic mass is 10.1. The summed E-state index contributed by atoms with van der Waals surface area (Å²) >= 11 is 0. The molecule has 0 radical (unpaired) electrons. The maximum Gasteiger partial charge on any atom is 0.343 e. The van der Waals surface area contributed by atoms with E-state index < -0.39 is 18.7 Å². The Morgan fingerprint density at radius 3 is 2.37 bits per heavy atom. The summed E-state index contributed by atoms with van der Waals surface area (Å²) in [6.45, 7) is -0.431. The zero-order valence-electron chi connectivity index (χ0n) is 10.2. The van der Waals surface area contributed by atoms with E-state index in [2.05, 4.69) is 0 Å². The molecule has 2 aromatic carbocycles. The number of para-hydroxylation sites is 1. The lowest BCUT2D eigenvalue weighted by Gasteiger charge is -2.13. The fourth-order valence-electron chi connectivity index (χ4n) is 1.68. The van der Waals surface area contributed by atoms with Crippen LogP contribution in [0.2, 0.25) is 0 Å². The van der Waals surface area contributed by atoms with Crippen LogP contribution in [0, 0.1) is 0 Å². The molecular formula is C15H14O4. The second kappa shape index (κ2) is 6.13. The molecule has 1 unspecified atom stereocenters. The first-order chi connectivity index (χ1) is 9.22. The van der Waals surface area contributed by atoms with Gasteiger partial charge in [-0.1, -0.05) is 36.4 Å². The number of ether oxygens (including phenoxy) is 1. The largest absolute Gasteiger partial charge is 0.423 e. The molecule has 0 aliphatic heterocycles. The Bertz CT molecular complexity index is 551. The summed E-state index contributed by atoms with van der Waals surface area (Å²) in [5.74, 6) is -0.254. The van der Waals surface area contributed by atoms with E-state index in [1.165, 1.54) is 0 Å². The van der Waals surface area contributed by atoms with Gasteiger partial charge in [0.25, 0.3) is 0 Å². The van der Waals surface area contributed by atoms with Gasteiger partial charge >= 0.3 is 5.97 Å². The smallest absolute Gasteiger partial charge is 0.343 e. The van der Waals surface area contributed by atoms with Crippen LogP contribution < -0.4 is 4.74 Å². The third-order valence-electron chi connectivity index (χ3n) is 2.66. The molecular weight excluding hydrogens is 244 g/mol. The van der Waals surface area contributed by atoms with Crippen LogP contribution in [0.15, 0.2) is 54.6 Å². The third-order valence-corrected chi connectivity index (χ3v) is 2.66. The number of carbonyl (C=O) groups is 1. The second-order valence-electron chi connectivity index (χ2n) is 3.99. The maximum atomic E-state index is 11.9. The second-order valence-corrected chi connectivity index (χ2v) is 3.99. The van der Waals surface area contributed by atoms with Gasteiger partial charge in [-0.25, -0.2) is 4.79 Å². The summed E-state index contributed by atoms with van der Waals surface area (Å²) in [5.41, 5.74) is 0.810. The van der Waals surface area contributed by atoms with Crippen molar-refractivity contribution in [3.05, 3.63) is 65.7 Å². The van der Waals surface area contributed by atoms with Gasteiger partial charge in [-0.3, -0.25) is 0 Å². The highest BCUT2D eigenvalue weighted by atomic mass is 16.5. The van der Waals surface area contributed by atoms with Gasteiger partial charge in [-0.2, -0.15) is 0 Å². The number of esters is 1. The van der Waals surface area contributed by atoms with Crippen molar-refractivity contribution in [2.24, 2.45) is 0 Å². The summed E-state index contributed by atoms with van der Waals surface area (Å²) < 4.78 is 5.24. The molecule has 0 saturated carbocycles. The Morgan fingerprint density at radius 1 is 1.05 bits per heavy atom. The quantitative estimate of drug-likeness (QED) is 0.649. The van der Waals surface area contributed by atoms with Gasteiger partial charge in [0, 0.05) is 5.56 Å². The highest BCUT2D eigenvalue weighted by Gasteiger charge is 2.15. The van der Waals surface area contributed by atoms with E-state index in [9.17, 15) is 9.90 Å². The SMILES string of the molecule is O=C(Oc1ccccc1C(O)CO)c1ccccc1. The van der Waals surface area contributed by atoms with Gasteiger partial charge in [0.2, 0.25) is 0 Å². The predicted octanol–water partition coefficient (Wildman–Crippen LogP) is 1.93. The van der Waals surface area contributed by atoms with Gasteiger partial charge in [0.1, 0.15) is 11.9 Å². The summed E-state index contributed by atoms with van der Waals surface area (Å²) in [5, 5.41) is 18.6. The first-order valence-corrected chi connectivity index (χ1v) is 5.87. The molecule has 4 heteroatoms. The van der Waals surface area contributed by atoms with Crippen LogP contribution in [0.4, 0.5) is 0 Å². The van der Waals surface area contributed by atoms with Crippen molar-refractivity contribution in [1.29, 1.82) is 0 Å². The number of benzene rings is 2. The van der Waals surface area contributed by atoms with Crippen LogP contribution in [-0.2, 0) is 0 Å². The van der Waals surface area contributed by atoms with Crippen molar-refractivity contribution in [3.8, 4) is 5.75 Å². The van der Waals surface area contributed by atoms with E-state index in [1.54, 1.807) is 54.6 Å². The molecule has 2 aromatic rings. The number of aliphatic hydroxyl groups excluding tert-OH is 2. The first-order valence-electron chi connectivity index (χ1n) is 5.87. The Balaban J connectivity index is 2.22. The van der Waals surface area contributed by atoms with Gasteiger partial charge in [-0.15, -0.1) is 0 Å². The Labute approximate surface area is 110 Å². The van der Waals surface area contributed by atoms with E-state index in [0.717, 1.165) is 0 Å². The standard InChI is InChI=1S/C15H14O4/c16-10-13(17)12-8-4-5-9-14(12)19-15(18)11-6-2-1-3-7-11/h1-9,13,16-17H,10H2. The van der Waals surface area contributed by atoms with Crippen molar-refractivity contribution in [3.63, 3.8) is 0 Å². The van der Waals surface area contributed by atoms with E-state index >= 15 is 0 Å². The van der Waals surface area contributed by atoms with Gasteiger partial charge < -0.3 is 14.9 Å². The zero-order valence-corrected chi connectivity index (χ0v) is 10.2. The molecule has 0 bridgehead atoms. The average molecular weight is 258 g/mol. The van der Waals surface area contributed by atoms with E-state index in [4.69, 9.17) is 9.84 Å². The van der Waals surface area contributed by atoms with Gasteiger partial charge in [-0.05, 0) is 18.2 Å². The number of hydrogen-bond acceptors (Lipinski definition) is 4. The molecule has 0 aliphatic carbocycles. The number of aliphatic hydroxyl groups is 2. The molecule has 0 aliphatic rings. The summed E-state index contributed by atoms with van der Waals surface area (Å²) in [6, 6.07) is 15.2. The third kappa shape index (κ3) is 3.19. The van der Waals surface area contributed by atoms with Crippen molar-refractivity contribution in [2.45, 2.75) is 6.10 Å². The Morgan fingerprint density at radius 2 is 1.68 bits per heavy atom. The molecule has 0 saturated heterocycles. The molecule has 19 heavy (non-hydrogen) atoms. The van der Waals surface area contributed by atoms with Crippen molar-refractivity contribution < 1.29 is 19.7 Å². The lowest BCUT2D eigenvalue weighted by Crippen LogP contribution is -2.12. The highest BCUT2D eigenvalue weighted by molar-refractivity contribution is 5.91. The van der Waals surface area contributed by atoms with Crippen LogP contribution in [0.5, 0.6) is 5.75 Å². The van der Waals surface area contributed by atoms with Gasteiger partial charge in [0.05, 0.1) is 12.2 Å². The van der Waals surface area contributed by atoms with E-state index in [1.807, 2.05) is 0 Å². The van der Waals surface area contributed by atoms with Crippen molar-refractivity contribution >= 4 is 5.97 Å². The van der Waals surface area contributed by atoms with Crippen LogP contribution in [0.3, 0.4) is 0 Å². The Hall–Kier alpha value is -2.17. The monoisotopic (exact) mass is 258 g/mol. The molecule has 0 amide bonds. The topological polar surface area (TPSA) is 66.8 Å². The molecule has 4 nitrogen and oxygen atoms in total. The maximum absolute atomic E-state index is 11.9. The summed E-state index contributed by atoms with van der Waals surface area (Å²) in [4.78, 5) is 11.9. The molecule has 98 valence electrons. The molecule has 0 spiro atoms. The fourth-order valence-corrected chi connectivity index (χ4v) is 1.68. The normalized spacial score (nSPS) is 11.9. The van der Waals surface area contributed by atoms with E-state index in [0.29, 0.717) is 11.1 Å². The van der Waals surface area contributed by atoms with Crippen molar-refractivity contribution in [2.75, 3.05) is 6.61 Å². The molecule has 0 fully saturated rings. The molecule has 2 rings (SSSR count).